The summed E-state index contributed by atoms with van der Waals surface area (Å²) in [5, 5.41) is 9.58. The lowest BCUT2D eigenvalue weighted by Gasteiger charge is -2.16. The van der Waals surface area contributed by atoms with Crippen molar-refractivity contribution in [1.82, 2.24) is 0 Å². The molecule has 0 aliphatic heterocycles. The summed E-state index contributed by atoms with van der Waals surface area (Å²) in [5.74, 6) is 0.911. The number of aliphatic hydroxyl groups is 1. The van der Waals surface area contributed by atoms with Crippen LogP contribution in [0.25, 0.3) is 0 Å². The van der Waals surface area contributed by atoms with Gasteiger partial charge in [-0.2, -0.15) is 0 Å². The first-order valence-corrected chi connectivity index (χ1v) is 6.09. The molecule has 15 heavy (non-hydrogen) atoms. The van der Waals surface area contributed by atoms with Gasteiger partial charge in [-0.15, -0.1) is 11.8 Å². The number of hydrogen-bond acceptors (Lipinski definition) is 3. The Balaban J connectivity index is 2.55. The molecule has 0 saturated carbocycles. The fourth-order valence-corrected chi connectivity index (χ4v) is 2.53. The van der Waals surface area contributed by atoms with E-state index in [4.69, 9.17) is 5.73 Å². The van der Waals surface area contributed by atoms with Gasteiger partial charge in [0.25, 0.3) is 0 Å². The van der Waals surface area contributed by atoms with Gasteiger partial charge in [0.05, 0.1) is 5.60 Å². The van der Waals surface area contributed by atoms with Gasteiger partial charge in [0, 0.05) is 16.3 Å². The number of rotatable bonds is 4. The molecule has 1 aromatic carbocycles. The molecule has 3 heteroatoms. The van der Waals surface area contributed by atoms with E-state index in [0.717, 1.165) is 23.4 Å². The normalized spacial score (nSPS) is 11.7. The minimum absolute atomic E-state index is 0.582. The van der Waals surface area contributed by atoms with Crippen LogP contribution in [0.1, 0.15) is 25.8 Å². The largest absolute Gasteiger partial charge is 0.398 e. The second-order valence-corrected chi connectivity index (χ2v) is 5.52. The van der Waals surface area contributed by atoms with E-state index in [0.29, 0.717) is 0 Å². The van der Waals surface area contributed by atoms with E-state index in [9.17, 15) is 5.11 Å². The molecule has 2 nitrogen and oxygen atoms in total. The Morgan fingerprint density at radius 1 is 1.40 bits per heavy atom. The third-order valence-corrected chi connectivity index (χ3v) is 3.46. The highest BCUT2D eigenvalue weighted by molar-refractivity contribution is 7.99. The second-order valence-electron chi connectivity index (χ2n) is 4.38. The number of hydrogen-bond donors (Lipinski definition) is 2. The van der Waals surface area contributed by atoms with E-state index in [-0.39, 0.29) is 0 Å². The van der Waals surface area contributed by atoms with E-state index in [1.165, 1.54) is 4.90 Å². The summed E-state index contributed by atoms with van der Waals surface area (Å²) in [6.45, 7) is 5.70. The van der Waals surface area contributed by atoms with Crippen molar-refractivity contribution in [2.45, 2.75) is 37.7 Å². The molecule has 0 radical (unpaired) electrons. The zero-order valence-corrected chi connectivity index (χ0v) is 10.4. The number of anilines is 1. The first kappa shape index (κ1) is 12.4. The molecule has 0 bridgehead atoms. The topological polar surface area (TPSA) is 46.2 Å². The highest BCUT2D eigenvalue weighted by Crippen LogP contribution is 2.27. The second kappa shape index (κ2) is 4.90. The van der Waals surface area contributed by atoms with Crippen molar-refractivity contribution in [2.24, 2.45) is 0 Å². The van der Waals surface area contributed by atoms with Crippen molar-refractivity contribution < 1.29 is 5.11 Å². The predicted molar refractivity (Wildman–Crippen MR) is 67.2 cm³/mol. The summed E-state index contributed by atoms with van der Waals surface area (Å²) in [7, 11) is 0. The highest BCUT2D eigenvalue weighted by Gasteiger charge is 2.12. The molecule has 3 N–H and O–H groups in total. The number of benzene rings is 1. The molecule has 0 heterocycles. The van der Waals surface area contributed by atoms with Crippen molar-refractivity contribution in [2.75, 3.05) is 11.5 Å². The standard InChI is InChI=1S/C12H19NOS/c1-9-10(13)5-4-6-11(9)15-8-7-12(2,3)14/h4-6,14H,7-8,13H2,1-3H3. The minimum atomic E-state index is -0.582. The Morgan fingerprint density at radius 3 is 2.67 bits per heavy atom. The molecule has 0 amide bonds. The lowest BCUT2D eigenvalue weighted by molar-refractivity contribution is 0.0777. The van der Waals surface area contributed by atoms with Crippen molar-refractivity contribution in [1.29, 1.82) is 0 Å². The molecule has 1 aromatic rings. The van der Waals surface area contributed by atoms with E-state index in [2.05, 4.69) is 6.07 Å². The summed E-state index contributed by atoms with van der Waals surface area (Å²) in [6.07, 6.45) is 0.784. The van der Waals surface area contributed by atoms with E-state index in [1.54, 1.807) is 11.8 Å². The van der Waals surface area contributed by atoms with Crippen LogP contribution >= 0.6 is 11.8 Å². The van der Waals surface area contributed by atoms with Crippen molar-refractivity contribution in [3.8, 4) is 0 Å². The van der Waals surface area contributed by atoms with Crippen LogP contribution in [0.3, 0.4) is 0 Å². The van der Waals surface area contributed by atoms with Gasteiger partial charge >= 0.3 is 0 Å². The van der Waals surface area contributed by atoms with Gasteiger partial charge in [0.2, 0.25) is 0 Å². The third kappa shape index (κ3) is 4.14. The zero-order chi connectivity index (χ0) is 11.5. The molecular weight excluding hydrogens is 206 g/mol. The summed E-state index contributed by atoms with van der Waals surface area (Å²) >= 11 is 1.75. The Kier molecular flexibility index (Phi) is 4.05. The highest BCUT2D eigenvalue weighted by atomic mass is 32.2. The molecule has 0 atom stereocenters. The molecule has 84 valence electrons. The maximum atomic E-state index is 9.58. The SMILES string of the molecule is Cc1c(N)cccc1SCCC(C)(C)O. The van der Waals surface area contributed by atoms with Gasteiger partial charge in [0.1, 0.15) is 0 Å². The van der Waals surface area contributed by atoms with Crippen molar-refractivity contribution >= 4 is 17.4 Å². The molecule has 0 aromatic heterocycles. The van der Waals surface area contributed by atoms with Gasteiger partial charge in [-0.3, -0.25) is 0 Å². The van der Waals surface area contributed by atoms with Crippen LogP contribution in [0.5, 0.6) is 0 Å². The zero-order valence-electron chi connectivity index (χ0n) is 9.58. The number of nitrogen functional groups attached to an aromatic ring is 1. The summed E-state index contributed by atoms with van der Waals surface area (Å²) in [6, 6.07) is 5.95. The van der Waals surface area contributed by atoms with Crippen LogP contribution < -0.4 is 5.73 Å². The van der Waals surface area contributed by atoms with Gasteiger partial charge in [-0.1, -0.05) is 6.07 Å². The van der Waals surface area contributed by atoms with Crippen LogP contribution in [0.15, 0.2) is 23.1 Å². The van der Waals surface area contributed by atoms with Gasteiger partial charge in [0.15, 0.2) is 0 Å². The minimum Gasteiger partial charge on any atom is -0.398 e. The average Bonchev–Trinajstić information content (AvgIpc) is 2.10. The average molecular weight is 225 g/mol. The lowest BCUT2D eigenvalue weighted by Crippen LogP contribution is -2.19. The molecule has 0 aliphatic rings. The maximum absolute atomic E-state index is 9.58. The molecule has 0 unspecified atom stereocenters. The lowest BCUT2D eigenvalue weighted by atomic mass is 10.1. The fourth-order valence-electron chi connectivity index (χ4n) is 1.20. The maximum Gasteiger partial charge on any atom is 0.0599 e. The quantitative estimate of drug-likeness (QED) is 0.612. The van der Waals surface area contributed by atoms with Crippen LogP contribution in [-0.4, -0.2) is 16.5 Å². The van der Waals surface area contributed by atoms with Crippen LogP contribution in [-0.2, 0) is 0 Å². The van der Waals surface area contributed by atoms with Gasteiger partial charge < -0.3 is 10.8 Å². The molecule has 0 fully saturated rings. The monoisotopic (exact) mass is 225 g/mol. The Bertz CT molecular complexity index is 331. The number of thioether (sulfide) groups is 1. The molecular formula is C12H19NOS. The first-order valence-electron chi connectivity index (χ1n) is 5.10. The van der Waals surface area contributed by atoms with Crippen LogP contribution in [0.2, 0.25) is 0 Å². The smallest absolute Gasteiger partial charge is 0.0599 e. The van der Waals surface area contributed by atoms with Gasteiger partial charge in [-0.25, -0.2) is 0 Å². The van der Waals surface area contributed by atoms with E-state index >= 15 is 0 Å². The van der Waals surface area contributed by atoms with Crippen LogP contribution in [0.4, 0.5) is 5.69 Å². The summed E-state index contributed by atoms with van der Waals surface area (Å²) in [5.41, 5.74) is 7.21. The molecule has 1 rings (SSSR count). The molecule has 0 aliphatic carbocycles. The predicted octanol–water partition coefficient (Wildman–Crippen LogP) is 2.83. The van der Waals surface area contributed by atoms with Gasteiger partial charge in [-0.05, 0) is 44.9 Å². The Morgan fingerprint density at radius 2 is 2.07 bits per heavy atom. The molecule has 0 spiro atoms. The molecule has 0 saturated heterocycles. The third-order valence-electron chi connectivity index (χ3n) is 2.30. The summed E-state index contributed by atoms with van der Waals surface area (Å²) < 4.78 is 0. The van der Waals surface area contributed by atoms with E-state index in [1.807, 2.05) is 32.9 Å². The van der Waals surface area contributed by atoms with E-state index < -0.39 is 5.60 Å². The van der Waals surface area contributed by atoms with Crippen molar-refractivity contribution in [3.63, 3.8) is 0 Å². The first-order chi connectivity index (χ1) is 6.90. The van der Waals surface area contributed by atoms with Crippen LogP contribution in [0, 0.1) is 6.92 Å². The summed E-state index contributed by atoms with van der Waals surface area (Å²) in [4.78, 5) is 1.21. The van der Waals surface area contributed by atoms with Crippen molar-refractivity contribution in [3.05, 3.63) is 23.8 Å². The Labute approximate surface area is 95.9 Å². The Hall–Kier alpha value is -0.670. The number of nitrogens with two attached hydrogens (primary N) is 1. The fraction of sp³-hybridized carbons (Fsp3) is 0.500.